The zero-order valence-electron chi connectivity index (χ0n) is 13.9. The summed E-state index contributed by atoms with van der Waals surface area (Å²) in [5, 5.41) is 1.32. The van der Waals surface area contributed by atoms with Crippen LogP contribution in [0.2, 0.25) is 0 Å². The smallest absolute Gasteiger partial charge is 0.119 e. The van der Waals surface area contributed by atoms with E-state index >= 15 is 0 Å². The summed E-state index contributed by atoms with van der Waals surface area (Å²) in [4.78, 5) is 3.60. The van der Waals surface area contributed by atoms with E-state index in [0.29, 0.717) is 0 Å². The summed E-state index contributed by atoms with van der Waals surface area (Å²) in [6.07, 6.45) is 3.19. The molecule has 120 valence electrons. The second kappa shape index (κ2) is 6.88. The highest BCUT2D eigenvalue weighted by Crippen LogP contribution is 2.33. The summed E-state index contributed by atoms with van der Waals surface area (Å²) >= 11 is 0. The topological polar surface area (TPSA) is 51.0 Å². The molecule has 1 heterocycles. The van der Waals surface area contributed by atoms with Gasteiger partial charge in [0.1, 0.15) is 5.75 Å². The van der Waals surface area contributed by atoms with E-state index in [0.717, 1.165) is 31.6 Å². The lowest BCUT2D eigenvalue weighted by molar-refractivity contribution is 0.415. The van der Waals surface area contributed by atoms with Gasteiger partial charge in [0, 0.05) is 22.2 Å². The molecular formula is C20H24N2O. The molecule has 0 radical (unpaired) electrons. The number of benzene rings is 2. The number of hydrogen-bond acceptors (Lipinski definition) is 2. The fraction of sp³-hybridized carbons (Fsp3) is 0.300. The Morgan fingerprint density at radius 1 is 1.09 bits per heavy atom. The van der Waals surface area contributed by atoms with Crippen molar-refractivity contribution in [1.82, 2.24) is 4.98 Å². The molecule has 3 N–H and O–H groups in total. The minimum absolute atomic E-state index is 0.746. The predicted octanol–water partition coefficient (Wildman–Crippen LogP) is 4.43. The Morgan fingerprint density at radius 3 is 2.74 bits per heavy atom. The molecular weight excluding hydrogens is 284 g/mol. The van der Waals surface area contributed by atoms with Crippen molar-refractivity contribution >= 4 is 10.9 Å². The first-order valence-electron chi connectivity index (χ1n) is 8.18. The molecule has 3 nitrogen and oxygen atoms in total. The lowest BCUT2D eigenvalue weighted by Crippen LogP contribution is -1.99. The Hall–Kier alpha value is -2.26. The van der Waals surface area contributed by atoms with Crippen LogP contribution >= 0.6 is 0 Å². The van der Waals surface area contributed by atoms with Gasteiger partial charge in [-0.2, -0.15) is 0 Å². The average Bonchev–Trinajstić information content (AvgIpc) is 2.93. The first kappa shape index (κ1) is 15.6. The molecule has 0 saturated heterocycles. The van der Waals surface area contributed by atoms with E-state index in [2.05, 4.69) is 42.2 Å². The van der Waals surface area contributed by atoms with Gasteiger partial charge in [-0.15, -0.1) is 0 Å². The molecule has 23 heavy (non-hydrogen) atoms. The first-order chi connectivity index (χ1) is 11.2. The minimum atomic E-state index is 0.746. The number of nitrogens with one attached hydrogen (secondary N) is 1. The van der Waals surface area contributed by atoms with E-state index in [4.69, 9.17) is 10.5 Å². The molecule has 0 aliphatic rings. The zero-order valence-corrected chi connectivity index (χ0v) is 13.9. The van der Waals surface area contributed by atoms with Gasteiger partial charge in [0.2, 0.25) is 0 Å². The molecule has 3 rings (SSSR count). The molecule has 0 aliphatic carbocycles. The molecule has 0 bridgehead atoms. The van der Waals surface area contributed by atoms with Crippen LogP contribution in [0.15, 0.2) is 42.5 Å². The van der Waals surface area contributed by atoms with Gasteiger partial charge in [0.25, 0.3) is 0 Å². The van der Waals surface area contributed by atoms with Crippen LogP contribution in [0.3, 0.4) is 0 Å². The van der Waals surface area contributed by atoms with Gasteiger partial charge in [-0.3, -0.25) is 0 Å². The Kier molecular flexibility index (Phi) is 4.68. The summed E-state index contributed by atoms with van der Waals surface area (Å²) in [7, 11) is 1.70. The third-order valence-corrected chi connectivity index (χ3v) is 4.30. The molecule has 0 atom stereocenters. The summed E-state index contributed by atoms with van der Waals surface area (Å²) in [5.74, 6) is 0.880. The van der Waals surface area contributed by atoms with E-state index in [9.17, 15) is 0 Å². The van der Waals surface area contributed by atoms with Crippen molar-refractivity contribution in [3.63, 3.8) is 0 Å². The fourth-order valence-corrected chi connectivity index (χ4v) is 3.09. The standard InChI is InChI=1S/C20H24N2O/c1-14-9-10-19-18(12-14)17(8-3-4-11-21)20(22-19)15-6-5-7-16(13-15)23-2/h5-7,9-10,12-13,22H,3-4,8,11,21H2,1-2H3. The van der Waals surface area contributed by atoms with Crippen molar-refractivity contribution in [3.05, 3.63) is 53.6 Å². The Morgan fingerprint density at radius 2 is 1.96 bits per heavy atom. The normalized spacial score (nSPS) is 11.1. The molecule has 3 heteroatoms. The van der Waals surface area contributed by atoms with Gasteiger partial charge in [-0.25, -0.2) is 0 Å². The molecule has 0 unspecified atom stereocenters. The lowest BCUT2D eigenvalue weighted by atomic mass is 9.99. The van der Waals surface area contributed by atoms with Crippen molar-refractivity contribution in [3.8, 4) is 17.0 Å². The second-order valence-electron chi connectivity index (χ2n) is 6.01. The van der Waals surface area contributed by atoms with Crippen LogP contribution in [-0.2, 0) is 6.42 Å². The predicted molar refractivity (Wildman–Crippen MR) is 97.0 cm³/mol. The molecule has 0 amide bonds. The SMILES string of the molecule is COc1cccc(-c2[nH]c3ccc(C)cc3c2CCCCN)c1. The summed E-state index contributed by atoms with van der Waals surface area (Å²) in [6, 6.07) is 14.8. The molecule has 3 aromatic rings. The van der Waals surface area contributed by atoms with Crippen LogP contribution in [0, 0.1) is 6.92 Å². The van der Waals surface area contributed by atoms with Crippen LogP contribution < -0.4 is 10.5 Å². The highest BCUT2D eigenvalue weighted by Gasteiger charge is 2.13. The second-order valence-corrected chi connectivity index (χ2v) is 6.01. The number of rotatable bonds is 6. The van der Waals surface area contributed by atoms with Gasteiger partial charge in [-0.1, -0.05) is 23.8 Å². The van der Waals surface area contributed by atoms with Gasteiger partial charge in [-0.05, 0) is 62.6 Å². The number of methoxy groups -OCH3 is 1. The van der Waals surface area contributed by atoms with Gasteiger partial charge < -0.3 is 15.5 Å². The van der Waals surface area contributed by atoms with E-state index in [1.165, 1.54) is 33.3 Å². The van der Waals surface area contributed by atoms with E-state index in [1.54, 1.807) is 7.11 Å². The molecule has 0 aliphatic heterocycles. The highest BCUT2D eigenvalue weighted by atomic mass is 16.5. The lowest BCUT2D eigenvalue weighted by Gasteiger charge is -2.07. The quantitative estimate of drug-likeness (QED) is 0.662. The summed E-state index contributed by atoms with van der Waals surface area (Å²) in [6.45, 7) is 2.89. The van der Waals surface area contributed by atoms with Crippen LogP contribution in [0.4, 0.5) is 0 Å². The van der Waals surface area contributed by atoms with Crippen LogP contribution in [0.1, 0.15) is 24.0 Å². The van der Waals surface area contributed by atoms with E-state index in [-0.39, 0.29) is 0 Å². The van der Waals surface area contributed by atoms with Crippen molar-refractivity contribution in [2.24, 2.45) is 5.73 Å². The van der Waals surface area contributed by atoms with E-state index in [1.807, 2.05) is 12.1 Å². The summed E-state index contributed by atoms with van der Waals surface area (Å²) < 4.78 is 5.38. The van der Waals surface area contributed by atoms with Gasteiger partial charge in [0.05, 0.1) is 7.11 Å². The van der Waals surface area contributed by atoms with Crippen LogP contribution in [-0.4, -0.2) is 18.6 Å². The molecule has 0 saturated carbocycles. The highest BCUT2D eigenvalue weighted by molar-refractivity contribution is 5.91. The largest absolute Gasteiger partial charge is 0.497 e. The molecule has 1 aromatic heterocycles. The number of nitrogens with two attached hydrogens (primary N) is 1. The zero-order chi connectivity index (χ0) is 16.2. The van der Waals surface area contributed by atoms with Gasteiger partial charge >= 0.3 is 0 Å². The molecule has 0 fully saturated rings. The number of aromatic nitrogens is 1. The minimum Gasteiger partial charge on any atom is -0.497 e. The fourth-order valence-electron chi connectivity index (χ4n) is 3.09. The number of hydrogen-bond donors (Lipinski definition) is 2. The van der Waals surface area contributed by atoms with Crippen molar-refractivity contribution in [2.45, 2.75) is 26.2 Å². The van der Waals surface area contributed by atoms with Gasteiger partial charge in [0.15, 0.2) is 0 Å². The molecule has 0 spiro atoms. The Labute approximate surface area is 137 Å². The third kappa shape index (κ3) is 3.25. The number of H-pyrrole nitrogens is 1. The number of fused-ring (bicyclic) bond motifs is 1. The van der Waals surface area contributed by atoms with Crippen molar-refractivity contribution in [1.29, 1.82) is 0 Å². The number of aryl methyl sites for hydroxylation is 2. The number of aromatic amines is 1. The number of unbranched alkanes of at least 4 members (excludes halogenated alkanes) is 1. The van der Waals surface area contributed by atoms with Crippen molar-refractivity contribution in [2.75, 3.05) is 13.7 Å². The maximum absolute atomic E-state index is 5.67. The van der Waals surface area contributed by atoms with E-state index < -0.39 is 0 Å². The maximum Gasteiger partial charge on any atom is 0.119 e. The maximum atomic E-state index is 5.67. The summed E-state index contributed by atoms with van der Waals surface area (Å²) in [5.41, 5.74) is 11.9. The monoisotopic (exact) mass is 308 g/mol. The Balaban J connectivity index is 2.11. The van der Waals surface area contributed by atoms with Crippen LogP contribution in [0.5, 0.6) is 5.75 Å². The first-order valence-corrected chi connectivity index (χ1v) is 8.18. The molecule has 2 aromatic carbocycles. The van der Waals surface area contributed by atoms with Crippen molar-refractivity contribution < 1.29 is 4.74 Å². The number of ether oxygens (including phenoxy) is 1. The Bertz CT molecular complexity index is 805. The third-order valence-electron chi connectivity index (χ3n) is 4.30. The average molecular weight is 308 g/mol. The van der Waals surface area contributed by atoms with Crippen LogP contribution in [0.25, 0.3) is 22.2 Å².